The van der Waals surface area contributed by atoms with Gasteiger partial charge in [0.05, 0.1) is 48.5 Å². The van der Waals surface area contributed by atoms with Crippen molar-refractivity contribution in [3.8, 4) is 11.8 Å². The van der Waals surface area contributed by atoms with Gasteiger partial charge in [-0.15, -0.1) is 0 Å². The molecule has 1 saturated heterocycles. The van der Waals surface area contributed by atoms with Crippen LogP contribution in [0.1, 0.15) is 96.8 Å². The van der Waals surface area contributed by atoms with Gasteiger partial charge in [-0.25, -0.2) is 23.7 Å². The van der Waals surface area contributed by atoms with Crippen LogP contribution in [0.3, 0.4) is 0 Å². The average molecular weight is 934 g/mol. The van der Waals surface area contributed by atoms with Gasteiger partial charge >= 0.3 is 23.5 Å². The molecule has 5 fully saturated rings. The van der Waals surface area contributed by atoms with E-state index < -0.39 is 60.7 Å². The summed E-state index contributed by atoms with van der Waals surface area (Å²) in [4.78, 5) is 58.1. The van der Waals surface area contributed by atoms with Crippen molar-refractivity contribution >= 4 is 46.2 Å². The first kappa shape index (κ1) is 47.6. The number of anilines is 1. The van der Waals surface area contributed by atoms with Crippen LogP contribution in [0.25, 0.3) is 11.0 Å². The highest BCUT2D eigenvalue weighted by molar-refractivity contribution is 7.66. The predicted octanol–water partition coefficient (Wildman–Crippen LogP) is 2.85. The number of carbonyl (C=O) groups excluding carboxylic acids is 1. The number of carbonyl (C=O) groups is 1. The van der Waals surface area contributed by atoms with Crippen LogP contribution in [0.2, 0.25) is 0 Å². The van der Waals surface area contributed by atoms with E-state index in [1.54, 1.807) is 6.20 Å². The van der Waals surface area contributed by atoms with Gasteiger partial charge in [0.15, 0.2) is 0 Å². The fourth-order valence-corrected chi connectivity index (χ4v) is 15.0. The molecule has 16 atom stereocenters. The molecule has 0 spiro atoms. The van der Waals surface area contributed by atoms with Crippen LogP contribution in [0.5, 0.6) is 0 Å². The van der Waals surface area contributed by atoms with Gasteiger partial charge in [0.25, 0.3) is 0 Å². The number of ether oxygens (including phenoxy) is 1. The number of aliphatic hydroxyl groups is 4. The molecule has 0 bridgehead atoms. The lowest BCUT2D eigenvalue weighted by molar-refractivity contribution is -0.207. The molecule has 4 aliphatic carbocycles. The maximum absolute atomic E-state index is 13.1. The fourth-order valence-electron chi connectivity index (χ4n) is 12.0. The minimum absolute atomic E-state index is 0.00603. The molecule has 2 aromatic heterocycles. The lowest BCUT2D eigenvalue weighted by Gasteiger charge is -2.63. The zero-order chi connectivity index (χ0) is 45.2. The number of aromatic nitrogens is 3. The Kier molecular flexibility index (Phi) is 13.7. The van der Waals surface area contributed by atoms with Crippen LogP contribution in [0.15, 0.2) is 12.5 Å². The smallest absolute Gasteiger partial charge is 0.393 e. The normalized spacial score (nSPS) is 38.1. The maximum atomic E-state index is 13.1. The van der Waals surface area contributed by atoms with Gasteiger partial charge < -0.3 is 60.4 Å². The molecule has 0 radical (unpaired) electrons. The summed E-state index contributed by atoms with van der Waals surface area (Å²) >= 11 is 0. The highest BCUT2D eigenvalue weighted by Crippen LogP contribution is 2.69. The van der Waals surface area contributed by atoms with Crippen molar-refractivity contribution in [2.24, 2.45) is 46.3 Å². The Morgan fingerprint density at radius 1 is 1.00 bits per heavy atom. The SMILES string of the molecule is C[C@H](CCC(=O)NCC#Cc1cn([C@H]2C[C@H](O)[C@@H](COP(=O)(O)OP(=O)(O)OP(=O)(O)O)O2)c2ncnc(N)c12)[C@H]1CC[C@H]2[C@@H]3[C@H](O)C[C@@H]4C[C@H](O)CC[C@]4(C)[C@H]3C[C@H](O)[C@]12C. The second-order valence-electron chi connectivity index (χ2n) is 18.3. The van der Waals surface area contributed by atoms with E-state index in [9.17, 15) is 48.7 Å². The van der Waals surface area contributed by atoms with Crippen molar-refractivity contribution in [2.75, 3.05) is 18.9 Å². The third-order valence-electron chi connectivity index (χ3n) is 14.9. The number of rotatable bonds is 13. The molecule has 62 heavy (non-hydrogen) atoms. The first-order valence-corrected chi connectivity index (χ1v) is 25.5. The van der Waals surface area contributed by atoms with Gasteiger partial charge in [-0.3, -0.25) is 9.32 Å². The van der Waals surface area contributed by atoms with Crippen molar-refractivity contribution in [3.63, 3.8) is 0 Å². The summed E-state index contributed by atoms with van der Waals surface area (Å²) < 4.78 is 54.2. The summed E-state index contributed by atoms with van der Waals surface area (Å²) in [6.45, 7) is 5.81. The predicted molar refractivity (Wildman–Crippen MR) is 219 cm³/mol. The summed E-state index contributed by atoms with van der Waals surface area (Å²) in [5.74, 6) is 6.90. The Morgan fingerprint density at radius 2 is 1.74 bits per heavy atom. The van der Waals surface area contributed by atoms with E-state index in [0.717, 1.165) is 25.7 Å². The molecule has 21 nitrogen and oxygen atoms in total. The van der Waals surface area contributed by atoms with Crippen molar-refractivity contribution < 1.29 is 76.4 Å². The molecule has 5 aliphatic rings. The Labute approximate surface area is 358 Å². The van der Waals surface area contributed by atoms with Gasteiger partial charge in [0.2, 0.25) is 5.91 Å². The topological polar surface area (TPSA) is 336 Å². The summed E-state index contributed by atoms with van der Waals surface area (Å²) in [6.07, 6.45) is 4.30. The molecule has 7 rings (SSSR count). The van der Waals surface area contributed by atoms with Crippen LogP contribution in [-0.4, -0.2) is 104 Å². The molecule has 1 amide bonds. The van der Waals surface area contributed by atoms with Crippen molar-refractivity contribution in [1.82, 2.24) is 19.9 Å². The van der Waals surface area contributed by atoms with E-state index in [0.29, 0.717) is 36.6 Å². The summed E-state index contributed by atoms with van der Waals surface area (Å²) in [6, 6.07) is 0. The Balaban J connectivity index is 0.935. The highest BCUT2D eigenvalue weighted by Gasteiger charge is 2.65. The number of fused-ring (bicyclic) bond motifs is 6. The van der Waals surface area contributed by atoms with Crippen molar-refractivity contribution in [2.45, 2.75) is 122 Å². The number of aliphatic hydroxyl groups excluding tert-OH is 4. The third-order valence-corrected chi connectivity index (χ3v) is 18.7. The lowest BCUT2D eigenvalue weighted by Crippen LogP contribution is -2.62. The van der Waals surface area contributed by atoms with Crippen LogP contribution in [0, 0.1) is 58.2 Å². The number of phosphoric ester groups is 1. The standard InChI is InChI=1S/C38H58N5O16P3/c1-20(24-7-8-25-34-26(15-30(47)38(24,25)3)37(2)11-10-23(44)13-22(37)14-28(34)46)6-9-31(48)40-12-4-5-21-17-43(36-33(21)35(39)41-19-42-36)32-16-27(45)29(57-32)18-56-61(52,53)59-62(54,55)58-60(49,50)51/h17,19-20,22-30,32,34,44-47H,6-16,18H2,1-3H3,(H,40,48)(H,52,53)(H,54,55)(H2,39,41,42)(H2,49,50,51)/t20-,22+,23-,24-,25+,26+,27+,28-,29-,30+,32-,34+,37+,38-/m1/s1. The summed E-state index contributed by atoms with van der Waals surface area (Å²) in [5, 5.41) is 47.8. The number of hydrogen-bond donors (Lipinski definition) is 10. The lowest BCUT2D eigenvalue weighted by atomic mass is 9.43. The van der Waals surface area contributed by atoms with E-state index in [1.807, 2.05) is 0 Å². The number of nitrogens with two attached hydrogens (primary N) is 1. The summed E-state index contributed by atoms with van der Waals surface area (Å²) in [7, 11) is -16.8. The second-order valence-corrected chi connectivity index (χ2v) is 22.8. The molecule has 1 aliphatic heterocycles. The monoisotopic (exact) mass is 933 g/mol. The zero-order valence-electron chi connectivity index (χ0n) is 34.7. The molecule has 0 aromatic carbocycles. The Bertz CT molecular complexity index is 2220. The molecule has 346 valence electrons. The van der Waals surface area contributed by atoms with Gasteiger partial charge in [0, 0.05) is 19.0 Å². The average Bonchev–Trinajstić information content (AvgIpc) is 3.84. The number of hydrogen-bond acceptors (Lipinski definition) is 15. The largest absolute Gasteiger partial charge is 0.490 e. The third kappa shape index (κ3) is 9.63. The molecule has 2 aromatic rings. The maximum Gasteiger partial charge on any atom is 0.490 e. The minimum atomic E-state index is -5.74. The van der Waals surface area contributed by atoms with Crippen LogP contribution >= 0.6 is 23.5 Å². The first-order chi connectivity index (χ1) is 28.9. The number of nitrogens with one attached hydrogen (secondary N) is 1. The highest BCUT2D eigenvalue weighted by atomic mass is 31.3. The fraction of sp³-hybridized carbons (Fsp3) is 0.763. The van der Waals surface area contributed by atoms with Crippen molar-refractivity contribution in [3.05, 3.63) is 18.1 Å². The van der Waals surface area contributed by atoms with E-state index in [-0.39, 0.29) is 89.2 Å². The number of phosphoric acid groups is 3. The quantitative estimate of drug-likeness (QED) is 0.102. The van der Waals surface area contributed by atoms with Gasteiger partial charge in [0.1, 0.15) is 30.1 Å². The summed E-state index contributed by atoms with van der Waals surface area (Å²) in [5.41, 5.74) is 6.46. The van der Waals surface area contributed by atoms with Crippen molar-refractivity contribution in [1.29, 1.82) is 0 Å². The Hall–Kier alpha value is -2.34. The van der Waals surface area contributed by atoms with Gasteiger partial charge in [-0.1, -0.05) is 32.6 Å². The molecule has 3 heterocycles. The zero-order valence-corrected chi connectivity index (χ0v) is 37.4. The van der Waals surface area contributed by atoms with E-state index in [2.05, 4.69) is 61.0 Å². The van der Waals surface area contributed by atoms with E-state index >= 15 is 0 Å². The molecular formula is C38H58N5O16P3. The van der Waals surface area contributed by atoms with Gasteiger partial charge in [-0.2, -0.15) is 8.62 Å². The van der Waals surface area contributed by atoms with Crippen LogP contribution in [-0.2, 0) is 36.4 Å². The molecule has 11 N–H and O–H groups in total. The van der Waals surface area contributed by atoms with Crippen LogP contribution in [0.4, 0.5) is 5.82 Å². The Morgan fingerprint density at radius 3 is 2.47 bits per heavy atom. The first-order valence-electron chi connectivity index (χ1n) is 20.9. The molecule has 4 saturated carbocycles. The van der Waals surface area contributed by atoms with E-state index in [4.69, 9.17) is 20.3 Å². The molecular weight excluding hydrogens is 875 g/mol. The number of nitrogen functional groups attached to an aromatic ring is 1. The minimum Gasteiger partial charge on any atom is -0.393 e. The number of amides is 1. The van der Waals surface area contributed by atoms with Gasteiger partial charge in [-0.05, 0) is 97.7 Å². The molecule has 2 unspecified atom stereocenters. The van der Waals surface area contributed by atoms with E-state index in [1.165, 1.54) is 10.9 Å². The second kappa shape index (κ2) is 17.8. The van der Waals surface area contributed by atoms with Crippen LogP contribution < -0.4 is 11.1 Å². The number of nitrogens with zero attached hydrogens (tertiary/aromatic N) is 3. The molecule has 24 heteroatoms.